The SMILES string of the molecule is COc1ccc(C(NC(=O)C2(Cn3ccnc3)CC2)c2ccncc2)cc1. The minimum atomic E-state index is -0.349. The zero-order chi connectivity index (χ0) is 18.7. The van der Waals surface area contributed by atoms with Gasteiger partial charge in [0, 0.05) is 31.3 Å². The molecule has 0 aliphatic heterocycles. The molecule has 1 unspecified atom stereocenters. The number of nitrogens with one attached hydrogen (secondary N) is 1. The van der Waals surface area contributed by atoms with E-state index in [0.717, 1.165) is 29.7 Å². The Morgan fingerprint density at radius 2 is 1.81 bits per heavy atom. The average Bonchev–Trinajstić information content (AvgIpc) is 3.32. The maximum atomic E-state index is 13.1. The van der Waals surface area contributed by atoms with Crippen molar-refractivity contribution in [1.29, 1.82) is 0 Å². The first-order valence-corrected chi connectivity index (χ1v) is 9.01. The number of amides is 1. The number of hydrogen-bond donors (Lipinski definition) is 1. The molecule has 1 fully saturated rings. The monoisotopic (exact) mass is 362 g/mol. The molecule has 1 saturated carbocycles. The Hall–Kier alpha value is -3.15. The molecule has 0 radical (unpaired) electrons. The first-order valence-electron chi connectivity index (χ1n) is 9.01. The highest BCUT2D eigenvalue weighted by atomic mass is 16.5. The lowest BCUT2D eigenvalue weighted by atomic mass is 9.97. The van der Waals surface area contributed by atoms with Crippen LogP contribution >= 0.6 is 0 Å². The summed E-state index contributed by atoms with van der Waals surface area (Å²) in [6.45, 7) is 0.657. The fourth-order valence-corrected chi connectivity index (χ4v) is 3.33. The Labute approximate surface area is 158 Å². The van der Waals surface area contributed by atoms with E-state index in [1.54, 1.807) is 32.0 Å². The number of nitrogens with zero attached hydrogens (tertiary/aromatic N) is 3. The van der Waals surface area contributed by atoms with Crippen LogP contribution in [0.5, 0.6) is 5.75 Å². The molecular formula is C21H22N4O2. The minimum Gasteiger partial charge on any atom is -0.497 e. The zero-order valence-corrected chi connectivity index (χ0v) is 15.2. The topological polar surface area (TPSA) is 69.0 Å². The first-order chi connectivity index (χ1) is 13.2. The van der Waals surface area contributed by atoms with Crippen LogP contribution in [0.1, 0.15) is 30.0 Å². The molecule has 3 aromatic rings. The standard InChI is InChI=1S/C21H22N4O2/c1-27-18-4-2-16(3-5-18)19(17-6-10-22-11-7-17)24-20(26)21(8-9-21)14-25-13-12-23-15-25/h2-7,10-13,15,19H,8-9,14H2,1H3,(H,24,26). The third kappa shape index (κ3) is 3.69. The fraction of sp³-hybridized carbons (Fsp3) is 0.286. The first kappa shape index (κ1) is 17.3. The van der Waals surface area contributed by atoms with Crippen molar-refractivity contribution in [3.8, 4) is 5.75 Å². The van der Waals surface area contributed by atoms with Gasteiger partial charge in [0.15, 0.2) is 0 Å². The highest BCUT2D eigenvalue weighted by Crippen LogP contribution is 2.48. The van der Waals surface area contributed by atoms with Crippen molar-refractivity contribution in [2.24, 2.45) is 5.41 Å². The molecule has 1 aliphatic rings. The van der Waals surface area contributed by atoms with Gasteiger partial charge in [0.1, 0.15) is 5.75 Å². The summed E-state index contributed by atoms with van der Waals surface area (Å²) < 4.78 is 7.23. The van der Waals surface area contributed by atoms with Gasteiger partial charge < -0.3 is 14.6 Å². The summed E-state index contributed by atoms with van der Waals surface area (Å²) in [5.74, 6) is 0.867. The van der Waals surface area contributed by atoms with E-state index in [-0.39, 0.29) is 17.4 Å². The van der Waals surface area contributed by atoms with E-state index in [0.29, 0.717) is 6.54 Å². The molecule has 2 heterocycles. The van der Waals surface area contributed by atoms with Crippen molar-refractivity contribution in [1.82, 2.24) is 19.9 Å². The molecule has 6 nitrogen and oxygen atoms in total. The molecule has 0 spiro atoms. The van der Waals surface area contributed by atoms with E-state index in [9.17, 15) is 4.79 Å². The van der Waals surface area contributed by atoms with Crippen LogP contribution in [0, 0.1) is 5.41 Å². The second-order valence-corrected chi connectivity index (χ2v) is 6.98. The summed E-state index contributed by atoms with van der Waals surface area (Å²) in [5.41, 5.74) is 1.66. The number of rotatable bonds is 7. The fourth-order valence-electron chi connectivity index (χ4n) is 3.33. The molecule has 1 atom stereocenters. The van der Waals surface area contributed by atoms with Crippen molar-refractivity contribution >= 4 is 5.91 Å². The van der Waals surface area contributed by atoms with Gasteiger partial charge in [-0.3, -0.25) is 9.78 Å². The third-order valence-corrected chi connectivity index (χ3v) is 5.14. The average molecular weight is 362 g/mol. The molecule has 27 heavy (non-hydrogen) atoms. The number of ether oxygens (including phenoxy) is 1. The molecule has 4 rings (SSSR count). The van der Waals surface area contributed by atoms with Gasteiger partial charge >= 0.3 is 0 Å². The third-order valence-electron chi connectivity index (χ3n) is 5.14. The van der Waals surface area contributed by atoms with Gasteiger partial charge in [-0.05, 0) is 48.2 Å². The Morgan fingerprint density at radius 3 is 2.41 bits per heavy atom. The Bertz CT molecular complexity index is 888. The van der Waals surface area contributed by atoms with Crippen LogP contribution in [-0.2, 0) is 11.3 Å². The lowest BCUT2D eigenvalue weighted by Gasteiger charge is -2.24. The van der Waals surface area contributed by atoms with Crippen LogP contribution in [0.25, 0.3) is 0 Å². The van der Waals surface area contributed by atoms with E-state index >= 15 is 0 Å². The van der Waals surface area contributed by atoms with Crippen LogP contribution in [0.4, 0.5) is 0 Å². The van der Waals surface area contributed by atoms with Crippen LogP contribution in [0.3, 0.4) is 0 Å². The lowest BCUT2D eigenvalue weighted by molar-refractivity contribution is -0.127. The molecule has 138 valence electrons. The summed E-state index contributed by atoms with van der Waals surface area (Å²) in [6.07, 6.45) is 10.7. The molecule has 1 aliphatic carbocycles. The lowest BCUT2D eigenvalue weighted by Crippen LogP contribution is -2.37. The second-order valence-electron chi connectivity index (χ2n) is 6.98. The molecule has 1 N–H and O–H groups in total. The maximum Gasteiger partial charge on any atom is 0.228 e. The van der Waals surface area contributed by atoms with Gasteiger partial charge in [-0.2, -0.15) is 0 Å². The number of hydrogen-bond acceptors (Lipinski definition) is 4. The summed E-state index contributed by atoms with van der Waals surface area (Å²) in [6, 6.07) is 11.4. The van der Waals surface area contributed by atoms with Gasteiger partial charge in [-0.15, -0.1) is 0 Å². The number of imidazole rings is 1. The molecule has 1 amide bonds. The quantitative estimate of drug-likeness (QED) is 0.702. The van der Waals surface area contributed by atoms with Gasteiger partial charge in [0.2, 0.25) is 5.91 Å². The molecule has 2 aromatic heterocycles. The van der Waals surface area contributed by atoms with Crippen molar-refractivity contribution in [2.75, 3.05) is 7.11 Å². The van der Waals surface area contributed by atoms with Crippen LogP contribution in [-0.4, -0.2) is 27.6 Å². The summed E-state index contributed by atoms with van der Waals surface area (Å²) in [7, 11) is 1.64. The van der Waals surface area contributed by atoms with E-state index in [4.69, 9.17) is 4.74 Å². The number of carbonyl (C=O) groups excluding carboxylic acids is 1. The minimum absolute atomic E-state index is 0.0776. The van der Waals surface area contributed by atoms with Gasteiger partial charge in [0.25, 0.3) is 0 Å². The van der Waals surface area contributed by atoms with E-state index in [1.165, 1.54) is 0 Å². The van der Waals surface area contributed by atoms with E-state index in [1.807, 2.05) is 47.2 Å². The number of benzene rings is 1. The maximum absolute atomic E-state index is 13.1. The predicted octanol–water partition coefficient (Wildman–Crippen LogP) is 2.97. The molecule has 0 saturated heterocycles. The highest BCUT2D eigenvalue weighted by molar-refractivity contribution is 5.86. The second kappa shape index (κ2) is 7.23. The summed E-state index contributed by atoms with van der Waals surface area (Å²) >= 11 is 0. The molecule has 1 aromatic carbocycles. The van der Waals surface area contributed by atoms with Gasteiger partial charge in [-0.25, -0.2) is 4.98 Å². The van der Waals surface area contributed by atoms with Crippen LogP contribution in [0.15, 0.2) is 67.5 Å². The van der Waals surface area contributed by atoms with E-state index in [2.05, 4.69) is 15.3 Å². The molecular weight excluding hydrogens is 340 g/mol. The zero-order valence-electron chi connectivity index (χ0n) is 15.2. The largest absolute Gasteiger partial charge is 0.497 e. The Morgan fingerprint density at radius 1 is 1.11 bits per heavy atom. The van der Waals surface area contributed by atoms with Crippen molar-refractivity contribution < 1.29 is 9.53 Å². The Kier molecular flexibility index (Phi) is 4.62. The van der Waals surface area contributed by atoms with Crippen molar-refractivity contribution in [2.45, 2.75) is 25.4 Å². The Balaban J connectivity index is 1.58. The van der Waals surface area contributed by atoms with Gasteiger partial charge in [-0.1, -0.05) is 12.1 Å². The smallest absolute Gasteiger partial charge is 0.228 e. The van der Waals surface area contributed by atoms with Gasteiger partial charge in [0.05, 0.1) is 24.9 Å². The van der Waals surface area contributed by atoms with E-state index < -0.39 is 0 Å². The van der Waals surface area contributed by atoms with Crippen molar-refractivity contribution in [3.63, 3.8) is 0 Å². The molecule has 6 heteroatoms. The van der Waals surface area contributed by atoms with Crippen LogP contribution < -0.4 is 10.1 Å². The summed E-state index contributed by atoms with van der Waals surface area (Å²) in [5, 5.41) is 3.26. The predicted molar refractivity (Wildman–Crippen MR) is 101 cm³/mol. The van der Waals surface area contributed by atoms with Crippen LogP contribution in [0.2, 0.25) is 0 Å². The number of pyridine rings is 1. The normalized spacial score (nSPS) is 15.7. The highest BCUT2D eigenvalue weighted by Gasteiger charge is 2.50. The number of methoxy groups -OCH3 is 1. The molecule has 0 bridgehead atoms. The number of carbonyl (C=O) groups is 1. The summed E-state index contributed by atoms with van der Waals surface area (Å²) in [4.78, 5) is 21.3. The van der Waals surface area contributed by atoms with Crippen molar-refractivity contribution in [3.05, 3.63) is 78.6 Å². The number of aromatic nitrogens is 3.